The average molecular weight is 383 g/mol. The highest BCUT2D eigenvalue weighted by Crippen LogP contribution is 2.23. The Balaban J connectivity index is 1.45. The van der Waals surface area contributed by atoms with Crippen LogP contribution in [0.1, 0.15) is 42.5 Å². The number of nitrogens with zero attached hydrogens (tertiary/aromatic N) is 5. The molecule has 1 aliphatic heterocycles. The molecule has 0 amide bonds. The molecule has 0 fully saturated rings. The molecular weight excluding hydrogens is 360 g/mol. The number of imidazole rings is 1. The monoisotopic (exact) mass is 382 g/mol. The number of fused-ring (bicyclic) bond motifs is 1. The van der Waals surface area contributed by atoms with E-state index in [1.165, 1.54) is 5.56 Å². The van der Waals surface area contributed by atoms with Gasteiger partial charge in [-0.2, -0.15) is 0 Å². The van der Waals surface area contributed by atoms with E-state index in [1.54, 1.807) is 12.4 Å². The van der Waals surface area contributed by atoms with Crippen LogP contribution in [0.25, 0.3) is 11.4 Å². The van der Waals surface area contributed by atoms with Crippen LogP contribution in [-0.4, -0.2) is 36.4 Å². The highest BCUT2D eigenvalue weighted by molar-refractivity contribution is 6.30. The maximum atomic E-state index is 6.33. The first kappa shape index (κ1) is 18.1. The number of hydrogen-bond donors (Lipinski definition) is 1. The summed E-state index contributed by atoms with van der Waals surface area (Å²) in [7, 11) is 0. The molecule has 6 nitrogen and oxygen atoms in total. The van der Waals surface area contributed by atoms with E-state index in [-0.39, 0.29) is 0 Å². The summed E-state index contributed by atoms with van der Waals surface area (Å²) < 4.78 is 0. The number of aromatic nitrogens is 5. The summed E-state index contributed by atoms with van der Waals surface area (Å²) in [4.78, 5) is 23.6. The molecule has 0 aromatic carbocycles. The minimum Gasteiger partial charge on any atom is -0.344 e. The van der Waals surface area contributed by atoms with Gasteiger partial charge in [0.05, 0.1) is 11.4 Å². The maximum Gasteiger partial charge on any atom is 0.159 e. The van der Waals surface area contributed by atoms with E-state index in [9.17, 15) is 0 Å². The molecule has 0 aliphatic carbocycles. The van der Waals surface area contributed by atoms with Crippen molar-refractivity contribution >= 4 is 11.6 Å². The number of rotatable bonds is 6. The predicted molar refractivity (Wildman–Crippen MR) is 105 cm³/mol. The Morgan fingerprint density at radius 3 is 2.89 bits per heavy atom. The summed E-state index contributed by atoms with van der Waals surface area (Å²) in [5, 5.41) is 0.594. The number of nitrogens with one attached hydrogen (secondary N) is 1. The molecule has 27 heavy (non-hydrogen) atoms. The average Bonchev–Trinajstić information content (AvgIpc) is 3.06. The molecule has 3 aromatic rings. The fourth-order valence-corrected chi connectivity index (χ4v) is 3.59. The van der Waals surface area contributed by atoms with E-state index in [2.05, 4.69) is 31.8 Å². The summed E-state index contributed by atoms with van der Waals surface area (Å²) in [6.45, 7) is 4.72. The molecule has 0 atom stereocenters. The van der Waals surface area contributed by atoms with E-state index < -0.39 is 0 Å². The summed E-state index contributed by atoms with van der Waals surface area (Å²) in [6.07, 6.45) is 9.61. The van der Waals surface area contributed by atoms with Crippen LogP contribution in [0.2, 0.25) is 5.15 Å². The van der Waals surface area contributed by atoms with Gasteiger partial charge in [-0.3, -0.25) is 9.88 Å². The lowest BCUT2D eigenvalue weighted by Crippen LogP contribution is -2.31. The van der Waals surface area contributed by atoms with Gasteiger partial charge in [-0.15, -0.1) is 0 Å². The number of aromatic amines is 1. The quantitative estimate of drug-likeness (QED) is 0.701. The van der Waals surface area contributed by atoms with Crippen LogP contribution >= 0.6 is 11.6 Å². The molecule has 0 radical (unpaired) electrons. The molecule has 3 aromatic heterocycles. The second-order valence-corrected chi connectivity index (χ2v) is 7.28. The van der Waals surface area contributed by atoms with Crippen molar-refractivity contribution in [3.63, 3.8) is 0 Å². The lowest BCUT2D eigenvalue weighted by molar-refractivity contribution is 0.240. The molecule has 0 saturated carbocycles. The molecule has 0 unspecified atom stereocenters. The van der Waals surface area contributed by atoms with Crippen LogP contribution in [0, 0.1) is 0 Å². The standard InChI is InChI=1S/C20H23ClN6/c1-2-3-4-18-24-17(19(21)26-18)13-27-10-7-16-15(12-27)11-23-20(25-16)14-5-8-22-9-6-14/h5-6,8-9,11H,2-4,7,10,12-13H2,1H3,(H,24,26). The third-order valence-electron chi connectivity index (χ3n) is 4.88. The van der Waals surface area contributed by atoms with Gasteiger partial charge >= 0.3 is 0 Å². The van der Waals surface area contributed by atoms with E-state index in [4.69, 9.17) is 16.6 Å². The maximum absolute atomic E-state index is 6.33. The molecule has 1 N–H and O–H groups in total. The number of pyridine rings is 1. The fourth-order valence-electron chi connectivity index (χ4n) is 3.38. The first-order valence-corrected chi connectivity index (χ1v) is 9.81. The van der Waals surface area contributed by atoms with Gasteiger partial charge in [0.2, 0.25) is 0 Å². The molecule has 0 bridgehead atoms. The Morgan fingerprint density at radius 2 is 2.07 bits per heavy atom. The van der Waals surface area contributed by atoms with Crippen molar-refractivity contribution < 1.29 is 0 Å². The largest absolute Gasteiger partial charge is 0.344 e. The van der Waals surface area contributed by atoms with Gasteiger partial charge in [0.25, 0.3) is 0 Å². The molecule has 1 aliphatic rings. The number of aryl methyl sites for hydroxylation is 1. The van der Waals surface area contributed by atoms with E-state index in [1.807, 2.05) is 18.3 Å². The molecule has 4 heterocycles. The zero-order chi connectivity index (χ0) is 18.6. The zero-order valence-corrected chi connectivity index (χ0v) is 16.2. The van der Waals surface area contributed by atoms with E-state index in [0.717, 1.165) is 73.9 Å². The summed E-state index contributed by atoms with van der Waals surface area (Å²) >= 11 is 6.33. The van der Waals surface area contributed by atoms with E-state index in [0.29, 0.717) is 5.15 Å². The Kier molecular flexibility index (Phi) is 5.45. The lowest BCUT2D eigenvalue weighted by atomic mass is 10.1. The first-order chi connectivity index (χ1) is 13.2. The SMILES string of the molecule is CCCCc1nc(Cl)c(CN2CCc3nc(-c4ccncc4)ncc3C2)[nH]1. The van der Waals surface area contributed by atoms with Crippen molar-refractivity contribution in [3.8, 4) is 11.4 Å². The molecule has 4 rings (SSSR count). The minimum absolute atomic E-state index is 0.594. The van der Waals surface area contributed by atoms with Crippen LogP contribution in [0.15, 0.2) is 30.7 Å². The summed E-state index contributed by atoms with van der Waals surface area (Å²) in [6, 6.07) is 3.88. The van der Waals surface area contributed by atoms with Gasteiger partial charge < -0.3 is 4.98 Å². The third kappa shape index (κ3) is 4.17. The Labute approximate surface area is 164 Å². The van der Waals surface area contributed by atoms with E-state index >= 15 is 0 Å². The smallest absolute Gasteiger partial charge is 0.159 e. The molecular formula is C20H23ClN6. The van der Waals surface area contributed by atoms with Crippen LogP contribution in [0.4, 0.5) is 0 Å². The molecule has 0 saturated heterocycles. The zero-order valence-electron chi connectivity index (χ0n) is 15.5. The lowest BCUT2D eigenvalue weighted by Gasteiger charge is -2.27. The van der Waals surface area contributed by atoms with Crippen molar-refractivity contribution in [1.82, 2.24) is 29.8 Å². The van der Waals surface area contributed by atoms with Crippen LogP contribution < -0.4 is 0 Å². The first-order valence-electron chi connectivity index (χ1n) is 9.43. The van der Waals surface area contributed by atoms with Crippen LogP contribution in [0.5, 0.6) is 0 Å². The summed E-state index contributed by atoms with van der Waals surface area (Å²) in [5.41, 5.74) is 4.31. The second kappa shape index (κ2) is 8.15. The predicted octanol–water partition coefficient (Wildman–Crippen LogP) is 3.82. The van der Waals surface area contributed by atoms with Gasteiger partial charge in [0.15, 0.2) is 11.0 Å². The highest BCUT2D eigenvalue weighted by atomic mass is 35.5. The fraction of sp³-hybridized carbons (Fsp3) is 0.400. The number of halogens is 1. The molecule has 7 heteroatoms. The Bertz CT molecular complexity index is 908. The number of H-pyrrole nitrogens is 1. The Hall–Kier alpha value is -2.31. The van der Waals surface area contributed by atoms with Crippen molar-refractivity contribution in [2.45, 2.75) is 45.7 Å². The topological polar surface area (TPSA) is 70.6 Å². The van der Waals surface area contributed by atoms with Crippen LogP contribution in [0.3, 0.4) is 0 Å². The minimum atomic E-state index is 0.594. The van der Waals surface area contributed by atoms with Gasteiger partial charge in [-0.05, 0) is 18.6 Å². The Morgan fingerprint density at radius 1 is 1.22 bits per heavy atom. The van der Waals surface area contributed by atoms with Gasteiger partial charge in [0.1, 0.15) is 5.82 Å². The number of unbranched alkanes of at least 4 members (excludes halogenated alkanes) is 1. The van der Waals surface area contributed by atoms with Crippen molar-refractivity contribution in [2.24, 2.45) is 0 Å². The van der Waals surface area contributed by atoms with Crippen molar-refractivity contribution in [1.29, 1.82) is 0 Å². The summed E-state index contributed by atoms with van der Waals surface area (Å²) in [5.74, 6) is 1.75. The van der Waals surface area contributed by atoms with Crippen molar-refractivity contribution in [2.75, 3.05) is 6.54 Å². The molecule has 140 valence electrons. The highest BCUT2D eigenvalue weighted by Gasteiger charge is 2.21. The normalized spacial score (nSPS) is 14.3. The molecule has 0 spiro atoms. The van der Waals surface area contributed by atoms with Gasteiger partial charge in [-0.1, -0.05) is 24.9 Å². The third-order valence-corrected chi connectivity index (χ3v) is 5.19. The van der Waals surface area contributed by atoms with Crippen LogP contribution in [-0.2, 0) is 25.9 Å². The van der Waals surface area contributed by atoms with Crippen molar-refractivity contribution in [3.05, 3.63) is 58.7 Å². The van der Waals surface area contributed by atoms with Gasteiger partial charge in [0, 0.05) is 62.2 Å². The van der Waals surface area contributed by atoms with Gasteiger partial charge in [-0.25, -0.2) is 15.0 Å². The second-order valence-electron chi connectivity index (χ2n) is 6.92. The number of hydrogen-bond acceptors (Lipinski definition) is 5.